The monoisotopic (exact) mass is 659 g/mol. The van der Waals surface area contributed by atoms with Gasteiger partial charge in [-0.2, -0.15) is 0 Å². The standard InChI is InChI=1S/C38H41N7O4/c46-35(34-10-5-21-45(34)38(48)49-26-27-6-2-1-3-7-27)40-30-13-11-28(12-14-30)33-19-20-39-37(42-33)41-31-15-17-32(18-16-31)43-22-24-44(25-23-43)36(47)29-8-4-9-29/h1-3,6-7,11-20,29,34H,4-5,8-10,21-26H2,(H,40,46)(H,39,41,42)/t34-/m1/s1. The summed E-state index contributed by atoms with van der Waals surface area (Å²) in [4.78, 5) is 53.5. The number of nitrogens with one attached hydrogen (secondary N) is 2. The van der Waals surface area contributed by atoms with Gasteiger partial charge in [0.25, 0.3) is 0 Å². The van der Waals surface area contributed by atoms with Gasteiger partial charge in [0.15, 0.2) is 0 Å². The third-order valence-corrected chi connectivity index (χ3v) is 9.63. The molecule has 0 bridgehead atoms. The van der Waals surface area contributed by atoms with E-state index < -0.39 is 12.1 Å². The molecule has 0 spiro atoms. The zero-order valence-corrected chi connectivity index (χ0v) is 27.5. The fourth-order valence-electron chi connectivity index (χ4n) is 6.57. The van der Waals surface area contributed by atoms with E-state index in [1.165, 1.54) is 11.3 Å². The lowest BCUT2D eigenvalue weighted by atomic mass is 9.84. The highest BCUT2D eigenvalue weighted by Gasteiger charge is 2.35. The first-order chi connectivity index (χ1) is 24.0. The Morgan fingerprint density at radius 1 is 0.776 bits per heavy atom. The number of hydrogen-bond donors (Lipinski definition) is 2. The predicted octanol–water partition coefficient (Wildman–Crippen LogP) is 6.08. The summed E-state index contributed by atoms with van der Waals surface area (Å²) in [6.07, 6.45) is 5.83. The first-order valence-corrected chi connectivity index (χ1v) is 17.1. The Balaban J connectivity index is 0.909. The Morgan fingerprint density at radius 3 is 2.22 bits per heavy atom. The molecule has 11 heteroatoms. The normalized spacial score (nSPS) is 17.7. The molecular formula is C38H41N7O4. The largest absolute Gasteiger partial charge is 0.445 e. The molecule has 49 heavy (non-hydrogen) atoms. The molecule has 2 saturated heterocycles. The van der Waals surface area contributed by atoms with E-state index >= 15 is 0 Å². The second kappa shape index (κ2) is 14.8. The van der Waals surface area contributed by atoms with Crippen LogP contribution in [-0.4, -0.2) is 76.4 Å². The van der Waals surface area contributed by atoms with Crippen LogP contribution < -0.4 is 15.5 Å². The molecule has 1 aliphatic carbocycles. The Morgan fingerprint density at radius 2 is 1.51 bits per heavy atom. The third kappa shape index (κ3) is 7.66. The number of amides is 3. The van der Waals surface area contributed by atoms with E-state index in [-0.39, 0.29) is 18.4 Å². The number of nitrogens with zero attached hydrogens (tertiary/aromatic N) is 5. The summed E-state index contributed by atoms with van der Waals surface area (Å²) < 4.78 is 5.48. The lowest BCUT2D eigenvalue weighted by Crippen LogP contribution is -2.51. The fourth-order valence-corrected chi connectivity index (χ4v) is 6.57. The van der Waals surface area contributed by atoms with E-state index in [4.69, 9.17) is 9.72 Å². The minimum Gasteiger partial charge on any atom is -0.445 e. The minimum absolute atomic E-state index is 0.168. The first kappa shape index (κ1) is 32.1. The van der Waals surface area contributed by atoms with E-state index in [0.29, 0.717) is 30.5 Å². The van der Waals surface area contributed by atoms with Crippen LogP contribution in [0.4, 0.5) is 27.8 Å². The Hall–Kier alpha value is -5.45. The van der Waals surface area contributed by atoms with Gasteiger partial charge in [0.2, 0.25) is 17.8 Å². The number of hydrogen-bond acceptors (Lipinski definition) is 8. The van der Waals surface area contributed by atoms with E-state index in [1.807, 2.05) is 77.7 Å². The summed E-state index contributed by atoms with van der Waals surface area (Å²) in [5.74, 6) is 0.833. The topological polar surface area (TPSA) is 120 Å². The fraction of sp³-hybridized carbons (Fsp3) is 0.342. The van der Waals surface area contributed by atoms with Crippen molar-refractivity contribution in [3.05, 3.63) is 96.7 Å². The Bertz CT molecular complexity index is 1760. The van der Waals surface area contributed by atoms with Gasteiger partial charge in [0.1, 0.15) is 12.6 Å². The van der Waals surface area contributed by atoms with Gasteiger partial charge in [0, 0.05) is 67.5 Å². The van der Waals surface area contributed by atoms with Crippen molar-refractivity contribution >= 4 is 40.9 Å². The molecule has 2 N–H and O–H groups in total. The van der Waals surface area contributed by atoms with Crippen molar-refractivity contribution in [3.63, 3.8) is 0 Å². The molecule has 1 aromatic heterocycles. The molecule has 0 unspecified atom stereocenters. The minimum atomic E-state index is -0.579. The molecular weight excluding hydrogens is 618 g/mol. The zero-order valence-electron chi connectivity index (χ0n) is 27.5. The molecule has 3 aromatic carbocycles. The first-order valence-electron chi connectivity index (χ1n) is 17.1. The smallest absolute Gasteiger partial charge is 0.410 e. The lowest BCUT2D eigenvalue weighted by Gasteiger charge is -2.39. The van der Waals surface area contributed by atoms with Crippen LogP contribution in [0.3, 0.4) is 0 Å². The number of anilines is 4. The summed E-state index contributed by atoms with van der Waals surface area (Å²) in [6.45, 7) is 3.87. The average Bonchev–Trinajstić information content (AvgIpc) is 3.62. The van der Waals surface area contributed by atoms with Crippen LogP contribution in [0.1, 0.15) is 37.7 Å². The van der Waals surface area contributed by atoms with E-state index in [0.717, 1.165) is 73.6 Å². The number of ether oxygens (including phenoxy) is 1. The van der Waals surface area contributed by atoms with Crippen molar-refractivity contribution < 1.29 is 19.1 Å². The molecule has 3 heterocycles. The molecule has 7 rings (SSSR count). The highest BCUT2D eigenvalue weighted by Crippen LogP contribution is 2.29. The molecule has 3 amide bonds. The maximum atomic E-state index is 13.2. The summed E-state index contributed by atoms with van der Waals surface area (Å²) in [5, 5.41) is 6.25. The maximum Gasteiger partial charge on any atom is 0.410 e. The van der Waals surface area contributed by atoms with Gasteiger partial charge in [0.05, 0.1) is 5.69 Å². The second-order valence-electron chi connectivity index (χ2n) is 12.8. The Kier molecular flexibility index (Phi) is 9.67. The van der Waals surface area contributed by atoms with Gasteiger partial charge >= 0.3 is 6.09 Å². The number of carbonyl (C=O) groups excluding carboxylic acids is 3. The summed E-state index contributed by atoms with van der Waals surface area (Å²) in [5.41, 5.74) is 5.16. The van der Waals surface area contributed by atoms with Gasteiger partial charge in [-0.15, -0.1) is 0 Å². The van der Waals surface area contributed by atoms with Crippen LogP contribution in [0, 0.1) is 5.92 Å². The van der Waals surface area contributed by atoms with Crippen molar-refractivity contribution in [2.45, 2.75) is 44.8 Å². The molecule has 252 valence electrons. The highest BCUT2D eigenvalue weighted by atomic mass is 16.6. The lowest BCUT2D eigenvalue weighted by molar-refractivity contribution is -0.138. The van der Waals surface area contributed by atoms with Crippen LogP contribution in [0.2, 0.25) is 0 Å². The molecule has 3 aliphatic rings. The number of carbonyl (C=O) groups is 3. The quantitative estimate of drug-likeness (QED) is 0.222. The highest BCUT2D eigenvalue weighted by molar-refractivity contribution is 5.97. The zero-order chi connectivity index (χ0) is 33.6. The van der Waals surface area contributed by atoms with E-state index in [9.17, 15) is 14.4 Å². The van der Waals surface area contributed by atoms with Crippen molar-refractivity contribution in [2.75, 3.05) is 48.3 Å². The molecule has 4 aromatic rings. The van der Waals surface area contributed by atoms with Gasteiger partial charge in [-0.1, -0.05) is 48.9 Å². The van der Waals surface area contributed by atoms with Crippen LogP contribution in [-0.2, 0) is 20.9 Å². The molecule has 1 saturated carbocycles. The van der Waals surface area contributed by atoms with Crippen molar-refractivity contribution in [1.29, 1.82) is 0 Å². The molecule has 11 nitrogen and oxygen atoms in total. The van der Waals surface area contributed by atoms with Crippen molar-refractivity contribution in [1.82, 2.24) is 19.8 Å². The maximum absolute atomic E-state index is 13.2. The number of benzene rings is 3. The van der Waals surface area contributed by atoms with E-state index in [1.54, 1.807) is 6.20 Å². The third-order valence-electron chi connectivity index (χ3n) is 9.63. The Labute approximate surface area is 286 Å². The molecule has 2 aliphatic heterocycles. The molecule has 3 fully saturated rings. The van der Waals surface area contributed by atoms with Gasteiger partial charge in [-0.25, -0.2) is 14.8 Å². The number of likely N-dealkylation sites (tertiary alicyclic amines) is 1. The SMILES string of the molecule is O=C(Nc1ccc(-c2ccnc(Nc3ccc(N4CCN(C(=O)C5CCC5)CC4)cc3)n2)cc1)[C@H]1CCCN1C(=O)OCc1ccccc1. The van der Waals surface area contributed by atoms with Gasteiger partial charge in [-0.05, 0) is 73.7 Å². The van der Waals surface area contributed by atoms with Gasteiger partial charge in [-0.3, -0.25) is 14.5 Å². The molecule has 0 radical (unpaired) electrons. The average molecular weight is 660 g/mol. The molecule has 1 atom stereocenters. The van der Waals surface area contributed by atoms with E-state index in [2.05, 4.69) is 32.7 Å². The van der Waals surface area contributed by atoms with Gasteiger partial charge < -0.3 is 25.2 Å². The number of piperazine rings is 1. The predicted molar refractivity (Wildman–Crippen MR) is 188 cm³/mol. The summed E-state index contributed by atoms with van der Waals surface area (Å²) in [7, 11) is 0. The summed E-state index contributed by atoms with van der Waals surface area (Å²) >= 11 is 0. The van der Waals surface area contributed by atoms with Crippen LogP contribution in [0.5, 0.6) is 0 Å². The number of rotatable bonds is 9. The summed E-state index contributed by atoms with van der Waals surface area (Å²) in [6, 6.07) is 26.4. The van der Waals surface area contributed by atoms with Crippen molar-refractivity contribution in [2.24, 2.45) is 5.92 Å². The van der Waals surface area contributed by atoms with Crippen LogP contribution in [0.15, 0.2) is 91.1 Å². The van der Waals surface area contributed by atoms with Crippen LogP contribution in [0.25, 0.3) is 11.3 Å². The van der Waals surface area contributed by atoms with Crippen molar-refractivity contribution in [3.8, 4) is 11.3 Å². The van der Waals surface area contributed by atoms with Crippen LogP contribution >= 0.6 is 0 Å². The second-order valence-corrected chi connectivity index (χ2v) is 12.8. The number of aromatic nitrogens is 2.